The van der Waals surface area contributed by atoms with Crippen molar-refractivity contribution in [3.8, 4) is 5.75 Å². The van der Waals surface area contributed by atoms with Crippen LogP contribution in [0, 0.1) is 0 Å². The Bertz CT molecular complexity index is 437. The molecule has 0 radical (unpaired) electrons. The van der Waals surface area contributed by atoms with Crippen LogP contribution in [0.2, 0.25) is 0 Å². The molecule has 96 valence electrons. The highest BCUT2D eigenvalue weighted by Gasteiger charge is 2.23. The number of hydrogen-bond acceptors (Lipinski definition) is 4. The van der Waals surface area contributed by atoms with Gasteiger partial charge in [0.15, 0.2) is 6.61 Å². The minimum atomic E-state index is -0.395. The summed E-state index contributed by atoms with van der Waals surface area (Å²) >= 11 is 0. The van der Waals surface area contributed by atoms with Gasteiger partial charge in [0.25, 0.3) is 5.91 Å². The molecule has 0 bridgehead atoms. The van der Waals surface area contributed by atoms with Gasteiger partial charge in [0.2, 0.25) is 0 Å². The molecule has 1 aromatic carbocycles. The molecular weight excluding hydrogens is 234 g/mol. The minimum absolute atomic E-state index is 0.00588. The van der Waals surface area contributed by atoms with Crippen molar-refractivity contribution < 1.29 is 19.1 Å². The second-order valence-corrected chi connectivity index (χ2v) is 4.15. The first kappa shape index (κ1) is 12.4. The van der Waals surface area contributed by atoms with Crippen LogP contribution in [0.4, 0.5) is 0 Å². The molecule has 0 spiro atoms. The van der Waals surface area contributed by atoms with Crippen LogP contribution in [0.3, 0.4) is 0 Å². The lowest BCUT2D eigenvalue weighted by atomic mass is 10.2. The number of amides is 1. The van der Waals surface area contributed by atoms with E-state index in [-0.39, 0.29) is 12.5 Å². The zero-order valence-electron chi connectivity index (χ0n) is 10.1. The molecule has 0 aromatic heterocycles. The normalized spacial score (nSPS) is 13.8. The lowest BCUT2D eigenvalue weighted by Gasteiger charge is -2.07. The minimum Gasteiger partial charge on any atom is -0.484 e. The van der Waals surface area contributed by atoms with Crippen molar-refractivity contribution in [1.29, 1.82) is 0 Å². The molecule has 0 heterocycles. The van der Waals surface area contributed by atoms with Gasteiger partial charge in [0.1, 0.15) is 5.75 Å². The average molecular weight is 249 g/mol. The van der Waals surface area contributed by atoms with Gasteiger partial charge in [-0.2, -0.15) is 0 Å². The SMILES string of the molecule is COC(=O)c1ccc(OCC(=O)NC2CC2)cc1. The molecule has 5 heteroatoms. The van der Waals surface area contributed by atoms with Gasteiger partial charge < -0.3 is 14.8 Å². The average Bonchev–Trinajstić information content (AvgIpc) is 3.20. The number of carbonyl (C=O) groups excluding carboxylic acids is 2. The van der Waals surface area contributed by atoms with Gasteiger partial charge in [0, 0.05) is 6.04 Å². The van der Waals surface area contributed by atoms with E-state index in [0.29, 0.717) is 17.4 Å². The van der Waals surface area contributed by atoms with Gasteiger partial charge in [-0.25, -0.2) is 4.79 Å². The van der Waals surface area contributed by atoms with E-state index in [0.717, 1.165) is 12.8 Å². The lowest BCUT2D eigenvalue weighted by molar-refractivity contribution is -0.123. The molecule has 5 nitrogen and oxygen atoms in total. The van der Waals surface area contributed by atoms with E-state index < -0.39 is 5.97 Å². The molecular formula is C13H15NO4. The maximum absolute atomic E-state index is 11.4. The largest absolute Gasteiger partial charge is 0.484 e. The predicted octanol–water partition coefficient (Wildman–Crippen LogP) is 1.13. The number of carbonyl (C=O) groups is 2. The zero-order valence-corrected chi connectivity index (χ0v) is 10.1. The molecule has 18 heavy (non-hydrogen) atoms. The fourth-order valence-electron chi connectivity index (χ4n) is 1.45. The van der Waals surface area contributed by atoms with Crippen molar-refractivity contribution in [3.63, 3.8) is 0 Å². The third-order valence-electron chi connectivity index (χ3n) is 2.59. The maximum Gasteiger partial charge on any atom is 0.337 e. The quantitative estimate of drug-likeness (QED) is 0.794. The number of nitrogens with one attached hydrogen (secondary N) is 1. The Hall–Kier alpha value is -2.04. The summed E-state index contributed by atoms with van der Waals surface area (Å²) < 4.78 is 9.88. The predicted molar refractivity (Wildman–Crippen MR) is 64.4 cm³/mol. The third kappa shape index (κ3) is 3.48. The van der Waals surface area contributed by atoms with E-state index in [2.05, 4.69) is 10.1 Å². The number of ether oxygens (including phenoxy) is 2. The van der Waals surface area contributed by atoms with Crippen LogP contribution in [-0.4, -0.2) is 31.6 Å². The van der Waals surface area contributed by atoms with E-state index in [1.165, 1.54) is 7.11 Å². The van der Waals surface area contributed by atoms with E-state index in [4.69, 9.17) is 4.74 Å². The summed E-state index contributed by atoms with van der Waals surface area (Å²) in [6.45, 7) is -0.00588. The molecule has 0 aliphatic heterocycles. The van der Waals surface area contributed by atoms with E-state index in [1.54, 1.807) is 24.3 Å². The van der Waals surface area contributed by atoms with E-state index in [9.17, 15) is 9.59 Å². The smallest absolute Gasteiger partial charge is 0.337 e. The summed E-state index contributed by atoms with van der Waals surface area (Å²) in [5, 5.41) is 2.82. The highest BCUT2D eigenvalue weighted by atomic mass is 16.5. The fourth-order valence-corrected chi connectivity index (χ4v) is 1.45. The molecule has 1 aliphatic carbocycles. The molecule has 1 fully saturated rings. The molecule has 1 N–H and O–H groups in total. The van der Waals surface area contributed by atoms with E-state index >= 15 is 0 Å². The first-order valence-corrected chi connectivity index (χ1v) is 5.79. The van der Waals surface area contributed by atoms with Crippen molar-refractivity contribution in [3.05, 3.63) is 29.8 Å². The third-order valence-corrected chi connectivity index (χ3v) is 2.59. The van der Waals surface area contributed by atoms with Crippen molar-refractivity contribution >= 4 is 11.9 Å². The summed E-state index contributed by atoms with van der Waals surface area (Å²) in [4.78, 5) is 22.6. The first-order chi connectivity index (χ1) is 8.69. The van der Waals surface area contributed by atoms with Crippen LogP contribution in [0.1, 0.15) is 23.2 Å². The van der Waals surface area contributed by atoms with Gasteiger partial charge in [-0.3, -0.25) is 4.79 Å². The molecule has 0 saturated heterocycles. The molecule has 0 atom stereocenters. The Kier molecular flexibility index (Phi) is 3.82. The summed E-state index contributed by atoms with van der Waals surface area (Å²) in [7, 11) is 1.33. The Morgan fingerprint density at radius 2 is 1.94 bits per heavy atom. The Morgan fingerprint density at radius 1 is 1.28 bits per heavy atom. The monoisotopic (exact) mass is 249 g/mol. The van der Waals surface area contributed by atoms with Crippen LogP contribution < -0.4 is 10.1 Å². The second kappa shape index (κ2) is 5.53. The number of benzene rings is 1. The summed E-state index contributed by atoms with van der Waals surface area (Å²) in [5.74, 6) is 0.0381. The van der Waals surface area contributed by atoms with Crippen molar-refractivity contribution in [2.75, 3.05) is 13.7 Å². The highest BCUT2D eigenvalue weighted by Crippen LogP contribution is 2.18. The second-order valence-electron chi connectivity index (χ2n) is 4.15. The molecule has 0 unspecified atom stereocenters. The number of rotatable bonds is 5. The fraction of sp³-hybridized carbons (Fsp3) is 0.385. The molecule has 1 amide bonds. The van der Waals surface area contributed by atoms with Gasteiger partial charge in [-0.1, -0.05) is 0 Å². The van der Waals surface area contributed by atoms with Gasteiger partial charge in [0.05, 0.1) is 12.7 Å². The molecule has 2 rings (SSSR count). The first-order valence-electron chi connectivity index (χ1n) is 5.79. The van der Waals surface area contributed by atoms with Gasteiger partial charge >= 0.3 is 5.97 Å². The van der Waals surface area contributed by atoms with Crippen LogP contribution in [0.15, 0.2) is 24.3 Å². The van der Waals surface area contributed by atoms with Crippen molar-refractivity contribution in [2.45, 2.75) is 18.9 Å². The van der Waals surface area contributed by atoms with E-state index in [1.807, 2.05) is 0 Å². The molecule has 1 aromatic rings. The number of hydrogen-bond donors (Lipinski definition) is 1. The van der Waals surface area contributed by atoms with Crippen LogP contribution in [0.25, 0.3) is 0 Å². The van der Waals surface area contributed by atoms with Crippen molar-refractivity contribution in [1.82, 2.24) is 5.32 Å². The summed E-state index contributed by atoms with van der Waals surface area (Å²) in [5.41, 5.74) is 0.451. The standard InChI is InChI=1S/C13H15NO4/c1-17-13(16)9-2-6-11(7-3-9)18-8-12(15)14-10-4-5-10/h2-3,6-7,10H,4-5,8H2,1H3,(H,14,15). The lowest BCUT2D eigenvalue weighted by Crippen LogP contribution is -2.30. The number of methoxy groups -OCH3 is 1. The summed E-state index contributed by atoms with van der Waals surface area (Å²) in [6.07, 6.45) is 2.11. The highest BCUT2D eigenvalue weighted by molar-refractivity contribution is 5.89. The van der Waals surface area contributed by atoms with Gasteiger partial charge in [-0.05, 0) is 37.1 Å². The van der Waals surface area contributed by atoms with Crippen molar-refractivity contribution in [2.24, 2.45) is 0 Å². The Labute approximate surface area is 105 Å². The topological polar surface area (TPSA) is 64.6 Å². The van der Waals surface area contributed by atoms with Crippen LogP contribution >= 0.6 is 0 Å². The Balaban J connectivity index is 1.81. The number of esters is 1. The molecule has 1 saturated carbocycles. The summed E-state index contributed by atoms with van der Waals surface area (Å²) in [6, 6.07) is 6.80. The van der Waals surface area contributed by atoms with Crippen LogP contribution in [-0.2, 0) is 9.53 Å². The zero-order chi connectivity index (χ0) is 13.0. The maximum atomic E-state index is 11.4. The van der Waals surface area contributed by atoms with Gasteiger partial charge in [-0.15, -0.1) is 0 Å². The van der Waals surface area contributed by atoms with Crippen LogP contribution in [0.5, 0.6) is 5.75 Å². The Morgan fingerprint density at radius 3 is 2.50 bits per heavy atom. The molecule has 1 aliphatic rings.